The molecule has 0 bridgehead atoms. The van der Waals surface area contributed by atoms with E-state index in [2.05, 4.69) is 11.4 Å². The number of non-ortho nitro benzene ring substituents is 1. The molecule has 1 heterocycles. The van der Waals surface area contributed by atoms with Crippen molar-refractivity contribution in [2.24, 2.45) is 0 Å². The molecule has 39 heavy (non-hydrogen) atoms. The van der Waals surface area contributed by atoms with E-state index in [0.717, 1.165) is 17.3 Å². The summed E-state index contributed by atoms with van der Waals surface area (Å²) in [5, 5.41) is 24.6. The molecule has 0 saturated carbocycles. The number of rotatable bonds is 9. The average Bonchev–Trinajstić information content (AvgIpc) is 2.95. The van der Waals surface area contributed by atoms with Crippen molar-refractivity contribution >= 4 is 40.6 Å². The zero-order valence-electron chi connectivity index (χ0n) is 20.8. The van der Waals surface area contributed by atoms with Gasteiger partial charge in [-0.15, -0.1) is 0 Å². The fraction of sp³-hybridized carbons (Fsp3) is 0.107. The molecule has 1 aromatic heterocycles. The number of carbonyl (C=O) groups excluding carboxylic acids is 1. The van der Waals surface area contributed by atoms with Crippen LogP contribution in [0, 0.1) is 21.4 Å². The van der Waals surface area contributed by atoms with Gasteiger partial charge in [0.15, 0.2) is 11.5 Å². The van der Waals surface area contributed by atoms with Gasteiger partial charge in [0.25, 0.3) is 5.69 Å². The smallest absolute Gasteiger partial charge is 0.269 e. The number of hydrogen-bond donors (Lipinski definition) is 1. The second-order valence-corrected chi connectivity index (χ2v) is 9.46. The maximum absolute atomic E-state index is 12.7. The van der Waals surface area contributed by atoms with Gasteiger partial charge in [0.2, 0.25) is 5.91 Å². The van der Waals surface area contributed by atoms with Crippen molar-refractivity contribution in [3.8, 4) is 40.0 Å². The lowest BCUT2D eigenvalue weighted by molar-refractivity contribution is -0.384. The van der Waals surface area contributed by atoms with Crippen LogP contribution in [0.1, 0.15) is 5.56 Å². The maximum Gasteiger partial charge on any atom is 0.269 e. The third-order valence-corrected chi connectivity index (χ3v) is 6.86. The molecule has 0 spiro atoms. The van der Waals surface area contributed by atoms with Crippen molar-refractivity contribution in [1.82, 2.24) is 4.98 Å². The molecule has 4 aromatic rings. The van der Waals surface area contributed by atoms with Gasteiger partial charge >= 0.3 is 0 Å². The molecule has 0 saturated heterocycles. The predicted octanol–water partition coefficient (Wildman–Crippen LogP) is 6.60. The lowest BCUT2D eigenvalue weighted by Crippen LogP contribution is -2.14. The van der Waals surface area contributed by atoms with Gasteiger partial charge < -0.3 is 14.8 Å². The minimum atomic E-state index is -0.514. The van der Waals surface area contributed by atoms with Crippen LogP contribution in [0.2, 0.25) is 5.02 Å². The Morgan fingerprint density at radius 1 is 1.03 bits per heavy atom. The third-order valence-electron chi connectivity index (χ3n) is 5.63. The highest BCUT2D eigenvalue weighted by molar-refractivity contribution is 8.00. The molecule has 11 heteroatoms. The quantitative estimate of drug-likeness (QED) is 0.138. The molecule has 0 atom stereocenters. The van der Waals surface area contributed by atoms with Crippen LogP contribution < -0.4 is 14.8 Å². The maximum atomic E-state index is 12.7. The molecule has 3 aromatic carbocycles. The molecule has 0 fully saturated rings. The van der Waals surface area contributed by atoms with Gasteiger partial charge in [-0.1, -0.05) is 41.6 Å². The number of hydrogen-bond acceptors (Lipinski definition) is 8. The highest BCUT2D eigenvalue weighted by Crippen LogP contribution is 2.38. The minimum Gasteiger partial charge on any atom is -0.493 e. The summed E-state index contributed by atoms with van der Waals surface area (Å²) in [5.74, 6) is 0.641. The number of benzene rings is 3. The van der Waals surface area contributed by atoms with Crippen LogP contribution in [0.5, 0.6) is 11.5 Å². The summed E-state index contributed by atoms with van der Waals surface area (Å²) in [6, 6.07) is 22.1. The number of ether oxygens (including phenoxy) is 2. The Kier molecular flexibility index (Phi) is 8.66. The minimum absolute atomic E-state index is 0.0475. The van der Waals surface area contributed by atoms with Crippen LogP contribution in [0.25, 0.3) is 22.4 Å². The monoisotopic (exact) mass is 560 g/mol. The first-order valence-electron chi connectivity index (χ1n) is 11.4. The molecular formula is C28H21ClN4O5S. The van der Waals surface area contributed by atoms with Crippen molar-refractivity contribution in [2.45, 2.75) is 5.03 Å². The lowest BCUT2D eigenvalue weighted by Gasteiger charge is -2.14. The van der Waals surface area contributed by atoms with E-state index in [4.69, 9.17) is 26.1 Å². The van der Waals surface area contributed by atoms with Crippen LogP contribution in [-0.2, 0) is 4.79 Å². The number of aromatic nitrogens is 1. The number of carbonyl (C=O) groups is 1. The second-order valence-electron chi connectivity index (χ2n) is 8.06. The Balaban J connectivity index is 1.69. The molecular weight excluding hydrogens is 540 g/mol. The highest BCUT2D eigenvalue weighted by atomic mass is 35.5. The van der Waals surface area contributed by atoms with E-state index >= 15 is 0 Å². The summed E-state index contributed by atoms with van der Waals surface area (Å²) in [4.78, 5) is 27.7. The zero-order valence-corrected chi connectivity index (χ0v) is 22.4. The molecule has 196 valence electrons. The summed E-state index contributed by atoms with van der Waals surface area (Å²) in [6.45, 7) is 0. The number of thioether (sulfide) groups is 1. The molecule has 9 nitrogen and oxygen atoms in total. The highest BCUT2D eigenvalue weighted by Gasteiger charge is 2.19. The molecule has 0 radical (unpaired) electrons. The van der Waals surface area contributed by atoms with Gasteiger partial charge in [-0.3, -0.25) is 14.9 Å². The van der Waals surface area contributed by atoms with E-state index in [1.54, 1.807) is 31.4 Å². The number of pyridine rings is 1. The Bertz CT molecular complexity index is 1570. The number of halogens is 1. The van der Waals surface area contributed by atoms with E-state index < -0.39 is 4.92 Å². The van der Waals surface area contributed by atoms with E-state index in [9.17, 15) is 20.2 Å². The van der Waals surface area contributed by atoms with E-state index in [0.29, 0.717) is 49.6 Å². The Labute approximate surface area is 233 Å². The van der Waals surface area contributed by atoms with Gasteiger partial charge in [0, 0.05) is 34.0 Å². The Morgan fingerprint density at radius 2 is 1.69 bits per heavy atom. The third kappa shape index (κ3) is 6.46. The van der Waals surface area contributed by atoms with Crippen LogP contribution in [0.3, 0.4) is 0 Å². The van der Waals surface area contributed by atoms with Crippen LogP contribution in [0.4, 0.5) is 11.4 Å². The van der Waals surface area contributed by atoms with E-state index in [1.165, 1.54) is 31.4 Å². The molecule has 0 unspecified atom stereocenters. The van der Waals surface area contributed by atoms with Crippen molar-refractivity contribution in [1.29, 1.82) is 5.26 Å². The summed E-state index contributed by atoms with van der Waals surface area (Å²) in [6.07, 6.45) is 0. The van der Waals surface area contributed by atoms with E-state index in [1.807, 2.05) is 24.3 Å². The summed E-state index contributed by atoms with van der Waals surface area (Å²) in [5.41, 5.74) is 3.33. The van der Waals surface area contributed by atoms with E-state index in [-0.39, 0.29) is 17.3 Å². The molecule has 1 amide bonds. The van der Waals surface area contributed by atoms with Gasteiger partial charge in [-0.2, -0.15) is 5.26 Å². The van der Waals surface area contributed by atoms with Gasteiger partial charge in [-0.25, -0.2) is 4.98 Å². The molecule has 4 rings (SSSR count). The Hall–Kier alpha value is -4.59. The topological polar surface area (TPSA) is 127 Å². The number of nitriles is 1. The van der Waals surface area contributed by atoms with Gasteiger partial charge in [0.05, 0.1) is 36.2 Å². The molecule has 1 N–H and O–H groups in total. The fourth-order valence-electron chi connectivity index (χ4n) is 3.73. The standard InChI is InChI=1S/C28H21ClN4O5S/c1-37-25-12-5-18(13-26(25)38-2)22-14-24(17-3-6-19(29)7-4-17)32-28(23(22)15-30)39-16-27(34)31-20-8-10-21(11-9-20)33(35)36/h3-14H,16H2,1-2H3,(H,31,34). The van der Waals surface area contributed by atoms with Crippen molar-refractivity contribution < 1.29 is 19.2 Å². The van der Waals surface area contributed by atoms with Crippen molar-refractivity contribution in [3.05, 3.63) is 93.5 Å². The molecule has 0 aliphatic carbocycles. The predicted molar refractivity (Wildman–Crippen MR) is 150 cm³/mol. The summed E-state index contributed by atoms with van der Waals surface area (Å²) >= 11 is 7.18. The fourth-order valence-corrected chi connectivity index (χ4v) is 4.66. The lowest BCUT2D eigenvalue weighted by atomic mass is 9.99. The van der Waals surface area contributed by atoms with Crippen molar-refractivity contribution in [2.75, 3.05) is 25.3 Å². The van der Waals surface area contributed by atoms with Crippen molar-refractivity contribution in [3.63, 3.8) is 0 Å². The number of amides is 1. The second kappa shape index (κ2) is 12.3. The first kappa shape index (κ1) is 27.4. The Morgan fingerprint density at radius 3 is 2.31 bits per heavy atom. The summed E-state index contributed by atoms with van der Waals surface area (Å²) in [7, 11) is 3.07. The zero-order chi connectivity index (χ0) is 27.9. The number of nitrogens with zero attached hydrogens (tertiary/aromatic N) is 3. The number of methoxy groups -OCH3 is 2. The van der Waals surface area contributed by atoms with Gasteiger partial charge in [0.1, 0.15) is 11.1 Å². The number of nitro benzene ring substituents is 1. The first-order chi connectivity index (χ1) is 18.8. The first-order valence-corrected chi connectivity index (χ1v) is 12.8. The largest absolute Gasteiger partial charge is 0.493 e. The molecule has 0 aliphatic heterocycles. The van der Waals surface area contributed by atoms with Crippen LogP contribution in [-0.4, -0.2) is 35.8 Å². The SMILES string of the molecule is COc1ccc(-c2cc(-c3ccc(Cl)cc3)nc(SCC(=O)Nc3ccc([N+](=O)[O-])cc3)c2C#N)cc1OC. The average molecular weight is 561 g/mol. The normalized spacial score (nSPS) is 10.4. The van der Waals surface area contributed by atoms with Crippen LogP contribution in [0.15, 0.2) is 77.8 Å². The molecule has 0 aliphatic rings. The van der Waals surface area contributed by atoms with Gasteiger partial charge in [-0.05, 0) is 48.0 Å². The number of nitrogens with one attached hydrogen (secondary N) is 1. The van der Waals surface area contributed by atoms with Crippen LogP contribution >= 0.6 is 23.4 Å². The number of nitro groups is 1. The summed E-state index contributed by atoms with van der Waals surface area (Å²) < 4.78 is 10.8. The number of anilines is 1.